The highest BCUT2D eigenvalue weighted by molar-refractivity contribution is 8.03. The minimum atomic E-state index is -0.190. The number of anilines is 1. The lowest BCUT2D eigenvalue weighted by atomic mass is 10.2. The number of carbonyl (C=O) groups is 1. The van der Waals surface area contributed by atoms with Gasteiger partial charge in [-0.2, -0.15) is 0 Å². The highest BCUT2D eigenvalue weighted by atomic mass is 32.2. The number of ether oxygens (including phenoxy) is 1. The second-order valence-corrected chi connectivity index (χ2v) is 4.58. The molecule has 0 aliphatic carbocycles. The fraction of sp³-hybridized carbons (Fsp3) is 0.250. The Kier molecular flexibility index (Phi) is 3.51. The molecule has 2 unspecified atom stereocenters. The lowest BCUT2D eigenvalue weighted by molar-refractivity contribution is -0.117. The molecule has 0 bridgehead atoms. The molecule has 1 aliphatic rings. The zero-order valence-electron chi connectivity index (χ0n) is 8.92. The number of hydrogen-bond acceptors (Lipinski definition) is 3. The van der Waals surface area contributed by atoms with Crippen molar-refractivity contribution in [1.82, 2.24) is 0 Å². The molecule has 0 fully saturated rings. The Hall–Kier alpha value is -1.42. The summed E-state index contributed by atoms with van der Waals surface area (Å²) < 4.78 is 5.29. The van der Waals surface area contributed by atoms with Gasteiger partial charge in [-0.3, -0.25) is 4.79 Å². The van der Waals surface area contributed by atoms with E-state index in [4.69, 9.17) is 4.74 Å². The molecule has 4 heteroatoms. The maximum atomic E-state index is 11.9. The molecule has 0 radical (unpaired) electrons. The van der Waals surface area contributed by atoms with Gasteiger partial charge in [-0.1, -0.05) is 18.2 Å². The van der Waals surface area contributed by atoms with Crippen molar-refractivity contribution in [2.24, 2.45) is 0 Å². The third kappa shape index (κ3) is 2.58. The smallest absolute Gasteiger partial charge is 0.241 e. The molecule has 0 spiro atoms. The quantitative estimate of drug-likeness (QED) is 0.856. The number of amides is 1. The van der Waals surface area contributed by atoms with Crippen LogP contribution in [0.4, 0.5) is 5.69 Å². The van der Waals surface area contributed by atoms with Gasteiger partial charge in [0, 0.05) is 11.1 Å². The highest BCUT2D eigenvalue weighted by Gasteiger charge is 2.27. The molecular weight excluding hydrogens is 222 g/mol. The molecule has 2 rings (SSSR count). The van der Waals surface area contributed by atoms with Crippen molar-refractivity contribution in [3.8, 4) is 0 Å². The van der Waals surface area contributed by atoms with Gasteiger partial charge in [-0.25, -0.2) is 0 Å². The van der Waals surface area contributed by atoms with E-state index in [0.717, 1.165) is 5.69 Å². The maximum Gasteiger partial charge on any atom is 0.241 e. The van der Waals surface area contributed by atoms with Gasteiger partial charge in [0.05, 0.1) is 6.26 Å². The summed E-state index contributed by atoms with van der Waals surface area (Å²) in [5.41, 5.74) is 0.815. The molecule has 2 atom stereocenters. The minimum Gasteiger partial charge on any atom is -0.496 e. The topological polar surface area (TPSA) is 38.3 Å². The number of benzene rings is 1. The van der Waals surface area contributed by atoms with Crippen LogP contribution in [0.2, 0.25) is 0 Å². The lowest BCUT2D eigenvalue weighted by Crippen LogP contribution is -2.35. The Morgan fingerprint density at radius 2 is 2.12 bits per heavy atom. The predicted molar refractivity (Wildman–Crippen MR) is 66.1 cm³/mol. The molecule has 1 N–H and O–H groups in total. The molecule has 1 aromatic rings. The molecule has 0 saturated carbocycles. The molecule has 0 saturated heterocycles. The van der Waals surface area contributed by atoms with Crippen LogP contribution in [0.5, 0.6) is 0 Å². The van der Waals surface area contributed by atoms with Gasteiger partial charge in [-0.05, 0) is 19.1 Å². The van der Waals surface area contributed by atoms with E-state index in [1.165, 1.54) is 11.8 Å². The first-order chi connectivity index (χ1) is 7.77. The van der Waals surface area contributed by atoms with Crippen LogP contribution in [0, 0.1) is 0 Å². The number of thioether (sulfide) groups is 1. The summed E-state index contributed by atoms with van der Waals surface area (Å²) in [5.74, 6) is -0.0203. The maximum absolute atomic E-state index is 11.9. The number of hydrogen-bond donors (Lipinski definition) is 1. The third-order valence-corrected chi connectivity index (χ3v) is 3.46. The first kappa shape index (κ1) is 11.1. The SMILES string of the molecule is CC1OC=CSC1C(=O)Nc1ccccc1. The van der Waals surface area contributed by atoms with E-state index < -0.39 is 0 Å². The van der Waals surface area contributed by atoms with E-state index in [2.05, 4.69) is 5.32 Å². The lowest BCUT2D eigenvalue weighted by Gasteiger charge is -2.24. The van der Waals surface area contributed by atoms with Crippen molar-refractivity contribution in [2.45, 2.75) is 18.3 Å². The van der Waals surface area contributed by atoms with Crippen LogP contribution in [-0.4, -0.2) is 17.3 Å². The van der Waals surface area contributed by atoms with Crippen LogP contribution in [0.15, 0.2) is 42.0 Å². The number of carbonyl (C=O) groups excluding carboxylic acids is 1. The Balaban J connectivity index is 2.00. The van der Waals surface area contributed by atoms with Gasteiger partial charge >= 0.3 is 0 Å². The Bertz CT molecular complexity index is 391. The third-order valence-electron chi connectivity index (χ3n) is 2.30. The van der Waals surface area contributed by atoms with Gasteiger partial charge in [0.25, 0.3) is 0 Å². The Morgan fingerprint density at radius 1 is 1.38 bits per heavy atom. The number of nitrogens with one attached hydrogen (secondary N) is 1. The van der Waals surface area contributed by atoms with Crippen molar-refractivity contribution in [1.29, 1.82) is 0 Å². The van der Waals surface area contributed by atoms with Crippen molar-refractivity contribution >= 4 is 23.4 Å². The number of rotatable bonds is 2. The van der Waals surface area contributed by atoms with Gasteiger partial charge < -0.3 is 10.1 Å². The Morgan fingerprint density at radius 3 is 2.81 bits per heavy atom. The van der Waals surface area contributed by atoms with E-state index >= 15 is 0 Å². The van der Waals surface area contributed by atoms with E-state index in [0.29, 0.717) is 0 Å². The van der Waals surface area contributed by atoms with Crippen molar-refractivity contribution in [3.63, 3.8) is 0 Å². The summed E-state index contributed by atoms with van der Waals surface area (Å²) in [7, 11) is 0. The molecule has 1 amide bonds. The molecule has 0 aromatic heterocycles. The van der Waals surface area contributed by atoms with Crippen LogP contribution in [0.3, 0.4) is 0 Å². The summed E-state index contributed by atoms with van der Waals surface area (Å²) in [4.78, 5) is 11.9. The summed E-state index contributed by atoms with van der Waals surface area (Å²) in [6, 6.07) is 9.44. The standard InChI is InChI=1S/C12H13NO2S/c1-9-11(16-8-7-15-9)12(14)13-10-5-3-2-4-6-10/h2-9,11H,1H3,(H,13,14). The fourth-order valence-corrected chi connectivity index (χ4v) is 2.23. The molecular formula is C12H13NO2S. The van der Waals surface area contributed by atoms with Crippen LogP contribution in [-0.2, 0) is 9.53 Å². The minimum absolute atomic E-state index is 0.0203. The highest BCUT2D eigenvalue weighted by Crippen LogP contribution is 2.24. The average molecular weight is 235 g/mol. The van der Waals surface area contributed by atoms with E-state index in [1.54, 1.807) is 11.7 Å². The van der Waals surface area contributed by atoms with Gasteiger partial charge in [0.2, 0.25) is 5.91 Å². The second-order valence-electron chi connectivity index (χ2n) is 3.53. The average Bonchev–Trinajstić information content (AvgIpc) is 2.31. The van der Waals surface area contributed by atoms with Crippen LogP contribution in [0.1, 0.15) is 6.92 Å². The first-order valence-corrected chi connectivity index (χ1v) is 6.03. The van der Waals surface area contributed by atoms with Crippen LogP contribution in [0.25, 0.3) is 0 Å². The summed E-state index contributed by atoms with van der Waals surface area (Å²) in [5, 5.41) is 4.48. The summed E-state index contributed by atoms with van der Waals surface area (Å²) >= 11 is 1.48. The van der Waals surface area contributed by atoms with Crippen LogP contribution < -0.4 is 5.32 Å². The molecule has 1 heterocycles. The van der Waals surface area contributed by atoms with Gasteiger partial charge in [0.15, 0.2) is 0 Å². The van der Waals surface area contributed by atoms with Gasteiger partial charge in [0.1, 0.15) is 11.4 Å². The molecule has 84 valence electrons. The fourth-order valence-electron chi connectivity index (χ4n) is 1.46. The van der Waals surface area contributed by atoms with Crippen molar-refractivity contribution < 1.29 is 9.53 Å². The van der Waals surface area contributed by atoms with Crippen molar-refractivity contribution in [2.75, 3.05) is 5.32 Å². The molecule has 1 aliphatic heterocycles. The van der Waals surface area contributed by atoms with E-state index in [9.17, 15) is 4.79 Å². The van der Waals surface area contributed by atoms with Crippen molar-refractivity contribution in [3.05, 3.63) is 42.0 Å². The van der Waals surface area contributed by atoms with Crippen LogP contribution >= 0.6 is 11.8 Å². The zero-order chi connectivity index (χ0) is 11.4. The Labute approximate surface area is 98.9 Å². The molecule has 3 nitrogen and oxygen atoms in total. The monoisotopic (exact) mass is 235 g/mol. The molecule has 16 heavy (non-hydrogen) atoms. The molecule has 1 aromatic carbocycles. The normalized spacial score (nSPS) is 23.6. The zero-order valence-corrected chi connectivity index (χ0v) is 9.74. The second kappa shape index (κ2) is 5.07. The van der Waals surface area contributed by atoms with E-state index in [1.807, 2.05) is 37.3 Å². The first-order valence-electron chi connectivity index (χ1n) is 5.09. The largest absolute Gasteiger partial charge is 0.496 e. The van der Waals surface area contributed by atoms with E-state index in [-0.39, 0.29) is 17.3 Å². The number of para-hydroxylation sites is 1. The predicted octanol–water partition coefficient (Wildman–Crippen LogP) is 2.62. The van der Waals surface area contributed by atoms with Gasteiger partial charge in [-0.15, -0.1) is 11.8 Å². The summed E-state index contributed by atoms with van der Waals surface area (Å²) in [6.07, 6.45) is 1.53. The summed E-state index contributed by atoms with van der Waals surface area (Å²) in [6.45, 7) is 1.89.